The maximum atomic E-state index is 10.8. The van der Waals surface area contributed by atoms with E-state index in [4.69, 9.17) is 4.74 Å². The number of rotatable bonds is 6. The molecule has 1 aliphatic carbocycles. The van der Waals surface area contributed by atoms with Gasteiger partial charge in [0.15, 0.2) is 0 Å². The van der Waals surface area contributed by atoms with Gasteiger partial charge >= 0.3 is 5.97 Å². The molecule has 1 atom stereocenters. The molecule has 0 amide bonds. The summed E-state index contributed by atoms with van der Waals surface area (Å²) >= 11 is 0. The van der Waals surface area contributed by atoms with Gasteiger partial charge in [0.05, 0.1) is 0 Å². The van der Waals surface area contributed by atoms with Crippen LogP contribution in [-0.4, -0.2) is 23.3 Å². The molecule has 0 aromatic rings. The number of aliphatic hydroxyl groups is 1. The van der Waals surface area contributed by atoms with Gasteiger partial charge in [-0.3, -0.25) is 4.79 Å². The Hall–Kier alpha value is -0.830. The first-order chi connectivity index (χ1) is 7.44. The third-order valence-corrected chi connectivity index (χ3v) is 2.99. The average molecular weight is 226 g/mol. The molecule has 1 saturated carbocycles. The average Bonchev–Trinajstić information content (AvgIpc) is 2.97. The summed E-state index contributed by atoms with van der Waals surface area (Å²) in [6, 6.07) is 0. The molecule has 0 aromatic heterocycles. The van der Waals surface area contributed by atoms with E-state index in [1.807, 2.05) is 13.8 Å². The molecule has 1 fully saturated rings. The Morgan fingerprint density at radius 3 is 2.50 bits per heavy atom. The number of esters is 1. The summed E-state index contributed by atoms with van der Waals surface area (Å²) in [5.41, 5.74) is 0.447. The van der Waals surface area contributed by atoms with Gasteiger partial charge in [0, 0.05) is 6.92 Å². The van der Waals surface area contributed by atoms with Crippen molar-refractivity contribution in [1.82, 2.24) is 0 Å². The molecule has 0 bridgehead atoms. The molecular formula is C13H22O3. The van der Waals surface area contributed by atoms with E-state index in [-0.39, 0.29) is 12.6 Å². The molecule has 0 heterocycles. The van der Waals surface area contributed by atoms with Crippen LogP contribution in [0.2, 0.25) is 0 Å². The molecule has 1 unspecified atom stereocenters. The van der Waals surface area contributed by atoms with Crippen molar-refractivity contribution in [1.29, 1.82) is 0 Å². The third kappa shape index (κ3) is 4.35. The lowest BCUT2D eigenvalue weighted by atomic mass is 9.92. The number of ether oxygens (including phenoxy) is 1. The standard InChI is InChI=1S/C13H22O3/c1-10(2)5-4-8-13(15,12-6-7-12)9-16-11(3)14/h5,12,15H,4,6-9H2,1-3H3. The van der Waals surface area contributed by atoms with Gasteiger partial charge in [-0.05, 0) is 45.4 Å². The van der Waals surface area contributed by atoms with Crippen LogP contribution in [0.25, 0.3) is 0 Å². The van der Waals surface area contributed by atoms with Gasteiger partial charge in [-0.1, -0.05) is 11.6 Å². The van der Waals surface area contributed by atoms with Gasteiger partial charge < -0.3 is 9.84 Å². The Bertz CT molecular complexity index is 275. The highest BCUT2D eigenvalue weighted by molar-refractivity contribution is 5.65. The van der Waals surface area contributed by atoms with Gasteiger partial charge in [0.2, 0.25) is 0 Å². The van der Waals surface area contributed by atoms with Gasteiger partial charge in [-0.15, -0.1) is 0 Å². The first-order valence-corrected chi connectivity index (χ1v) is 5.93. The van der Waals surface area contributed by atoms with Crippen molar-refractivity contribution in [3.63, 3.8) is 0 Å². The van der Waals surface area contributed by atoms with Crippen LogP contribution in [0.4, 0.5) is 0 Å². The van der Waals surface area contributed by atoms with Crippen LogP contribution in [0.5, 0.6) is 0 Å². The van der Waals surface area contributed by atoms with Crippen LogP contribution in [-0.2, 0) is 9.53 Å². The topological polar surface area (TPSA) is 46.5 Å². The van der Waals surface area contributed by atoms with E-state index in [0.29, 0.717) is 12.3 Å². The van der Waals surface area contributed by atoms with Crippen molar-refractivity contribution in [2.24, 2.45) is 5.92 Å². The molecule has 1 rings (SSSR count). The fraction of sp³-hybridized carbons (Fsp3) is 0.769. The first-order valence-electron chi connectivity index (χ1n) is 5.93. The molecule has 1 aliphatic rings. The number of hydrogen-bond acceptors (Lipinski definition) is 3. The van der Waals surface area contributed by atoms with E-state index in [1.165, 1.54) is 12.5 Å². The van der Waals surface area contributed by atoms with Crippen molar-refractivity contribution in [2.75, 3.05) is 6.61 Å². The summed E-state index contributed by atoms with van der Waals surface area (Å²) in [5.74, 6) is -0.00120. The van der Waals surface area contributed by atoms with E-state index in [2.05, 4.69) is 6.08 Å². The highest BCUT2D eigenvalue weighted by Gasteiger charge is 2.43. The Balaban J connectivity index is 2.44. The molecule has 0 radical (unpaired) electrons. The number of carbonyl (C=O) groups is 1. The SMILES string of the molecule is CC(=O)OCC(O)(CCC=C(C)C)C1CC1. The zero-order valence-electron chi connectivity index (χ0n) is 10.5. The van der Waals surface area contributed by atoms with Crippen molar-refractivity contribution in [3.8, 4) is 0 Å². The summed E-state index contributed by atoms with van der Waals surface area (Å²) in [5, 5.41) is 10.4. The minimum atomic E-state index is -0.808. The lowest BCUT2D eigenvalue weighted by Crippen LogP contribution is -2.37. The fourth-order valence-electron chi connectivity index (χ4n) is 1.85. The second kappa shape index (κ2) is 5.48. The van der Waals surface area contributed by atoms with Crippen molar-refractivity contribution >= 4 is 5.97 Å². The van der Waals surface area contributed by atoms with E-state index >= 15 is 0 Å². The Labute approximate surface area is 97.5 Å². The maximum Gasteiger partial charge on any atom is 0.302 e. The lowest BCUT2D eigenvalue weighted by Gasteiger charge is -2.27. The van der Waals surface area contributed by atoms with E-state index in [0.717, 1.165) is 19.3 Å². The summed E-state index contributed by atoms with van der Waals surface area (Å²) in [4.78, 5) is 10.8. The number of allylic oxidation sites excluding steroid dienone is 2. The molecule has 3 heteroatoms. The maximum absolute atomic E-state index is 10.8. The molecular weight excluding hydrogens is 204 g/mol. The zero-order valence-corrected chi connectivity index (χ0v) is 10.5. The molecule has 16 heavy (non-hydrogen) atoms. The molecule has 0 aromatic carbocycles. The number of hydrogen-bond donors (Lipinski definition) is 1. The predicted molar refractivity (Wildman–Crippen MR) is 63.0 cm³/mol. The van der Waals surface area contributed by atoms with Gasteiger partial charge in [0.25, 0.3) is 0 Å². The quantitative estimate of drug-likeness (QED) is 0.559. The predicted octanol–water partition coefficient (Wildman–Crippen LogP) is 2.44. The van der Waals surface area contributed by atoms with E-state index in [1.54, 1.807) is 0 Å². The molecule has 1 N–H and O–H groups in total. The Morgan fingerprint density at radius 1 is 1.44 bits per heavy atom. The second-order valence-corrected chi connectivity index (χ2v) is 4.98. The summed E-state index contributed by atoms with van der Waals surface area (Å²) in [6.07, 6.45) is 5.73. The van der Waals surface area contributed by atoms with Crippen LogP contribution in [0.15, 0.2) is 11.6 Å². The molecule has 0 spiro atoms. The van der Waals surface area contributed by atoms with Gasteiger partial charge in [-0.2, -0.15) is 0 Å². The second-order valence-electron chi connectivity index (χ2n) is 4.98. The van der Waals surface area contributed by atoms with Gasteiger partial charge in [0.1, 0.15) is 12.2 Å². The zero-order chi connectivity index (χ0) is 12.2. The summed E-state index contributed by atoms with van der Waals surface area (Å²) in [7, 11) is 0. The van der Waals surface area contributed by atoms with Crippen LogP contribution in [0, 0.1) is 5.92 Å². The van der Waals surface area contributed by atoms with E-state index < -0.39 is 5.60 Å². The summed E-state index contributed by atoms with van der Waals surface area (Å²) < 4.78 is 4.96. The molecule has 0 aliphatic heterocycles. The fourth-order valence-corrected chi connectivity index (χ4v) is 1.85. The highest BCUT2D eigenvalue weighted by Crippen LogP contribution is 2.42. The third-order valence-electron chi connectivity index (χ3n) is 2.99. The van der Waals surface area contributed by atoms with Crippen molar-refractivity contribution in [3.05, 3.63) is 11.6 Å². The Morgan fingerprint density at radius 2 is 2.06 bits per heavy atom. The van der Waals surface area contributed by atoms with Crippen LogP contribution < -0.4 is 0 Å². The molecule has 3 nitrogen and oxygen atoms in total. The smallest absolute Gasteiger partial charge is 0.302 e. The van der Waals surface area contributed by atoms with E-state index in [9.17, 15) is 9.90 Å². The first kappa shape index (κ1) is 13.2. The molecule has 92 valence electrons. The Kier molecular flexibility index (Phi) is 4.54. The highest BCUT2D eigenvalue weighted by atomic mass is 16.5. The van der Waals surface area contributed by atoms with Gasteiger partial charge in [-0.25, -0.2) is 0 Å². The lowest BCUT2D eigenvalue weighted by molar-refractivity contribution is -0.150. The number of carbonyl (C=O) groups excluding carboxylic acids is 1. The monoisotopic (exact) mass is 226 g/mol. The molecule has 0 saturated heterocycles. The van der Waals surface area contributed by atoms with Crippen molar-refractivity contribution in [2.45, 2.75) is 52.1 Å². The largest absolute Gasteiger partial charge is 0.463 e. The summed E-state index contributed by atoms with van der Waals surface area (Å²) in [6.45, 7) is 5.61. The van der Waals surface area contributed by atoms with Crippen LogP contribution in [0.1, 0.15) is 46.5 Å². The normalized spacial score (nSPS) is 18.8. The van der Waals surface area contributed by atoms with Crippen LogP contribution >= 0.6 is 0 Å². The van der Waals surface area contributed by atoms with Crippen LogP contribution in [0.3, 0.4) is 0 Å². The minimum absolute atomic E-state index is 0.142. The minimum Gasteiger partial charge on any atom is -0.463 e. The van der Waals surface area contributed by atoms with Crippen molar-refractivity contribution < 1.29 is 14.6 Å².